The number of allylic oxidation sites excluding steroid dienone is 2. The molecule has 1 aromatic rings. The number of thiocarbonyl (C=S) groups is 1. The monoisotopic (exact) mass is 416 g/mol. The van der Waals surface area contributed by atoms with Crippen LogP contribution in [0.25, 0.3) is 0 Å². The molecule has 1 saturated heterocycles. The Labute approximate surface area is 175 Å². The maximum absolute atomic E-state index is 12.6. The predicted octanol–water partition coefficient (Wildman–Crippen LogP) is 5.49. The SMILES string of the molecule is CCCN1C(=O)C(=CC=C2Sc3c(ccc4c3CCCC4)N2CC)SC1=S. The Morgan fingerprint density at radius 2 is 1.93 bits per heavy atom. The largest absolute Gasteiger partial charge is 0.335 e. The molecule has 3 aliphatic rings. The molecule has 0 saturated carbocycles. The first-order valence-electron chi connectivity index (χ1n) is 9.69. The Morgan fingerprint density at radius 1 is 1.11 bits per heavy atom. The van der Waals surface area contributed by atoms with Gasteiger partial charge >= 0.3 is 0 Å². The topological polar surface area (TPSA) is 23.6 Å². The molecular weight excluding hydrogens is 392 g/mol. The molecule has 0 N–H and O–H groups in total. The Morgan fingerprint density at radius 3 is 2.70 bits per heavy atom. The van der Waals surface area contributed by atoms with E-state index in [9.17, 15) is 4.79 Å². The standard InChI is InChI=1S/C21H24N2OS3/c1-3-13-23-20(24)17(26-21(23)25)11-12-18-22(4-2)16-10-9-14-7-5-6-8-15(14)19(16)27-18/h9-12H,3-8,13H2,1-2H3. The minimum absolute atomic E-state index is 0.0460. The fourth-order valence-electron chi connectivity index (χ4n) is 3.91. The van der Waals surface area contributed by atoms with Crippen LogP contribution in [0.5, 0.6) is 0 Å². The lowest BCUT2D eigenvalue weighted by Crippen LogP contribution is -2.28. The van der Waals surface area contributed by atoms with E-state index >= 15 is 0 Å². The van der Waals surface area contributed by atoms with Crippen LogP contribution >= 0.6 is 35.7 Å². The number of anilines is 1. The summed E-state index contributed by atoms with van der Waals surface area (Å²) in [5.74, 6) is 0.0460. The normalized spacial score (nSPS) is 22.1. The van der Waals surface area contributed by atoms with Crippen LogP contribution in [0.3, 0.4) is 0 Å². The molecule has 0 aromatic heterocycles. The third kappa shape index (κ3) is 3.47. The molecule has 27 heavy (non-hydrogen) atoms. The zero-order valence-corrected chi connectivity index (χ0v) is 18.2. The van der Waals surface area contributed by atoms with Gasteiger partial charge in [0.05, 0.1) is 15.6 Å². The zero-order chi connectivity index (χ0) is 19.0. The van der Waals surface area contributed by atoms with Crippen LogP contribution in [0.4, 0.5) is 5.69 Å². The molecule has 1 aromatic carbocycles. The second-order valence-corrected chi connectivity index (χ2v) is 9.67. The number of thioether (sulfide) groups is 2. The van der Waals surface area contributed by atoms with E-state index in [1.54, 1.807) is 10.5 Å². The van der Waals surface area contributed by atoms with E-state index in [-0.39, 0.29) is 5.91 Å². The maximum Gasteiger partial charge on any atom is 0.266 e. The third-order valence-electron chi connectivity index (χ3n) is 5.24. The van der Waals surface area contributed by atoms with Gasteiger partial charge in [-0.1, -0.05) is 48.7 Å². The number of rotatable bonds is 4. The summed E-state index contributed by atoms with van der Waals surface area (Å²) < 4.78 is 0.676. The molecule has 1 fully saturated rings. The van der Waals surface area contributed by atoms with Gasteiger partial charge in [0.25, 0.3) is 5.91 Å². The summed E-state index contributed by atoms with van der Waals surface area (Å²) in [7, 11) is 0. The van der Waals surface area contributed by atoms with Gasteiger partial charge < -0.3 is 4.90 Å². The van der Waals surface area contributed by atoms with Crippen LogP contribution < -0.4 is 4.90 Å². The highest BCUT2D eigenvalue weighted by Gasteiger charge is 2.32. The molecule has 1 aliphatic carbocycles. The first kappa shape index (κ1) is 19.1. The molecule has 0 atom stereocenters. The number of nitrogens with zero attached hydrogens (tertiary/aromatic N) is 2. The van der Waals surface area contributed by atoms with Crippen molar-refractivity contribution in [3.8, 4) is 0 Å². The van der Waals surface area contributed by atoms with Crippen LogP contribution in [0, 0.1) is 0 Å². The number of hydrogen-bond donors (Lipinski definition) is 0. The molecule has 0 unspecified atom stereocenters. The first-order chi connectivity index (χ1) is 13.1. The lowest BCUT2D eigenvalue weighted by molar-refractivity contribution is -0.122. The van der Waals surface area contributed by atoms with Crippen molar-refractivity contribution in [3.05, 3.63) is 45.3 Å². The lowest BCUT2D eigenvalue weighted by atomic mass is 9.91. The van der Waals surface area contributed by atoms with E-state index in [1.807, 2.05) is 17.8 Å². The summed E-state index contributed by atoms with van der Waals surface area (Å²) >= 11 is 8.64. The van der Waals surface area contributed by atoms with E-state index in [1.165, 1.54) is 58.6 Å². The fraction of sp³-hybridized carbons (Fsp3) is 0.429. The van der Waals surface area contributed by atoms with Crippen molar-refractivity contribution in [1.29, 1.82) is 0 Å². The summed E-state index contributed by atoms with van der Waals surface area (Å²) in [6.07, 6.45) is 9.95. The van der Waals surface area contributed by atoms with Gasteiger partial charge in [0, 0.05) is 18.0 Å². The summed E-state index contributed by atoms with van der Waals surface area (Å²) in [4.78, 5) is 18.8. The highest BCUT2D eigenvalue weighted by atomic mass is 32.2. The molecule has 2 heterocycles. The number of fused-ring (bicyclic) bond motifs is 3. The molecule has 2 aliphatic heterocycles. The van der Waals surface area contributed by atoms with Gasteiger partial charge in [-0.15, -0.1) is 0 Å². The molecule has 0 spiro atoms. The third-order valence-corrected chi connectivity index (χ3v) is 7.86. The zero-order valence-electron chi connectivity index (χ0n) is 15.8. The van der Waals surface area contributed by atoms with Crippen LogP contribution in [0.15, 0.2) is 39.1 Å². The van der Waals surface area contributed by atoms with Crippen molar-refractivity contribution in [2.24, 2.45) is 0 Å². The summed E-state index contributed by atoms with van der Waals surface area (Å²) in [6, 6.07) is 4.59. The predicted molar refractivity (Wildman–Crippen MR) is 120 cm³/mol. The Bertz CT molecular complexity index is 859. The smallest absolute Gasteiger partial charge is 0.266 e. The van der Waals surface area contributed by atoms with E-state index in [4.69, 9.17) is 12.2 Å². The quantitative estimate of drug-likeness (QED) is 0.477. The van der Waals surface area contributed by atoms with Gasteiger partial charge in [0.1, 0.15) is 4.32 Å². The van der Waals surface area contributed by atoms with E-state index in [2.05, 4.69) is 37.0 Å². The van der Waals surface area contributed by atoms with Crippen molar-refractivity contribution in [3.63, 3.8) is 0 Å². The van der Waals surface area contributed by atoms with Crippen molar-refractivity contribution in [1.82, 2.24) is 4.90 Å². The number of carbonyl (C=O) groups excluding carboxylic acids is 1. The van der Waals surface area contributed by atoms with Gasteiger partial charge in [0.15, 0.2) is 0 Å². The van der Waals surface area contributed by atoms with Gasteiger partial charge in [0.2, 0.25) is 0 Å². The van der Waals surface area contributed by atoms with Crippen LogP contribution in [0.1, 0.15) is 44.2 Å². The number of hydrogen-bond acceptors (Lipinski definition) is 5. The highest BCUT2D eigenvalue weighted by Crippen LogP contribution is 2.50. The molecule has 0 bridgehead atoms. The van der Waals surface area contributed by atoms with Gasteiger partial charge in [-0.3, -0.25) is 9.69 Å². The van der Waals surface area contributed by atoms with Gasteiger partial charge in [-0.2, -0.15) is 0 Å². The second kappa shape index (κ2) is 8.02. The maximum atomic E-state index is 12.6. The molecule has 4 rings (SSSR count). The fourth-order valence-corrected chi connectivity index (χ4v) is 6.49. The minimum atomic E-state index is 0.0460. The molecule has 142 valence electrons. The second-order valence-electron chi connectivity index (χ2n) is 6.97. The average molecular weight is 417 g/mol. The van der Waals surface area contributed by atoms with E-state index < -0.39 is 0 Å². The number of aryl methyl sites for hydroxylation is 1. The molecule has 1 amide bonds. The van der Waals surface area contributed by atoms with Crippen molar-refractivity contribution in [2.45, 2.75) is 50.8 Å². The molecule has 3 nitrogen and oxygen atoms in total. The summed E-state index contributed by atoms with van der Waals surface area (Å²) in [6.45, 7) is 5.88. The number of amides is 1. The van der Waals surface area contributed by atoms with E-state index in [0.717, 1.165) is 17.9 Å². The van der Waals surface area contributed by atoms with Crippen LogP contribution in [-0.4, -0.2) is 28.2 Å². The molecular formula is C21H24N2OS3. The average Bonchev–Trinajstić information content (AvgIpc) is 3.18. The number of benzene rings is 1. The van der Waals surface area contributed by atoms with Gasteiger partial charge in [-0.05, 0) is 68.4 Å². The van der Waals surface area contributed by atoms with Crippen molar-refractivity contribution >= 4 is 51.7 Å². The Balaban J connectivity index is 1.63. The Hall–Kier alpha value is -1.24. The van der Waals surface area contributed by atoms with Gasteiger partial charge in [-0.25, -0.2) is 0 Å². The summed E-state index contributed by atoms with van der Waals surface area (Å²) in [5, 5.41) is 1.20. The van der Waals surface area contributed by atoms with Crippen LogP contribution in [-0.2, 0) is 17.6 Å². The highest BCUT2D eigenvalue weighted by molar-refractivity contribution is 8.26. The van der Waals surface area contributed by atoms with E-state index in [0.29, 0.717) is 10.9 Å². The lowest BCUT2D eigenvalue weighted by Gasteiger charge is -2.21. The Kier molecular flexibility index (Phi) is 5.67. The first-order valence-corrected chi connectivity index (χ1v) is 11.7. The van der Waals surface area contributed by atoms with Crippen molar-refractivity contribution in [2.75, 3.05) is 18.0 Å². The van der Waals surface area contributed by atoms with Crippen molar-refractivity contribution < 1.29 is 4.79 Å². The number of carbonyl (C=O) groups is 1. The summed E-state index contributed by atoms with van der Waals surface area (Å²) in [5.41, 5.74) is 4.38. The minimum Gasteiger partial charge on any atom is -0.335 e. The van der Waals surface area contributed by atoms with Crippen LogP contribution in [0.2, 0.25) is 0 Å². The molecule has 0 radical (unpaired) electrons. The molecule has 6 heteroatoms.